The third-order valence-corrected chi connectivity index (χ3v) is 0. The van der Waals surface area contributed by atoms with E-state index in [1.165, 1.54) is 0 Å². The van der Waals surface area contributed by atoms with Gasteiger partial charge in [0.1, 0.15) is 0 Å². The minimum atomic E-state index is 0. The summed E-state index contributed by atoms with van der Waals surface area (Å²) >= 11 is 0. The monoisotopic (exact) mass is 696 g/mol. The van der Waals surface area contributed by atoms with Crippen molar-refractivity contribution in [1.29, 1.82) is 0 Å². The minimum Gasteiger partial charge on any atom is -2.00 e. The molecule has 0 unspecified atom stereocenters. The average molecular weight is 693 g/mol. The van der Waals surface area contributed by atoms with Crippen molar-refractivity contribution in [3.63, 3.8) is 0 Å². The number of hydrogen-bond acceptors (Lipinski definition) is 0. The molecular weight excluding hydrogens is 693 g/mol. The molecule has 11 heavy (non-hydrogen) atoms. The summed E-state index contributed by atoms with van der Waals surface area (Å²) in [5, 5.41) is 0. The van der Waals surface area contributed by atoms with E-state index >= 15 is 0 Å². The average Bonchev–Trinajstić information content (AvgIpc) is 0. The maximum absolute atomic E-state index is 0. The molecule has 0 saturated carbocycles. The molecule has 0 aromatic carbocycles. The topological polar surface area (TPSA) is 200 Å². The fraction of sp³-hybridized carbons (Fsp3) is 0. The van der Waals surface area contributed by atoms with Crippen LogP contribution >= 0.6 is 0 Å². The molecule has 62 valence electrons. The van der Waals surface area contributed by atoms with Gasteiger partial charge >= 0.3 is 164 Å². The van der Waals surface area contributed by atoms with Crippen molar-refractivity contribution in [2.45, 2.75) is 0 Å². The third kappa shape index (κ3) is 98.8. The van der Waals surface area contributed by atoms with Gasteiger partial charge in [0.2, 0.25) is 0 Å². The van der Waals surface area contributed by atoms with Crippen LogP contribution in [0.5, 0.6) is 0 Å². The van der Waals surface area contributed by atoms with Crippen molar-refractivity contribution in [2.24, 2.45) is 0 Å². The molecule has 0 fully saturated rings. The van der Waals surface area contributed by atoms with Gasteiger partial charge < -0.3 is 38.3 Å². The standard InChI is InChI=1S/2Ce.7O.2Sm/q2*+4;7*-2;2*+3. The van der Waals surface area contributed by atoms with Gasteiger partial charge in [0.15, 0.2) is 0 Å². The Morgan fingerprint density at radius 2 is 0.273 bits per heavy atom. The number of hydrogen-bond donors (Lipinski definition) is 0. The van der Waals surface area contributed by atoms with Crippen molar-refractivity contribution >= 4 is 0 Å². The third-order valence-electron chi connectivity index (χ3n) is 0. The molecule has 0 amide bonds. The van der Waals surface area contributed by atoms with E-state index in [-0.39, 0.29) is 203 Å². The predicted molar refractivity (Wildman–Crippen MR) is 4.81 cm³/mol. The van der Waals surface area contributed by atoms with Crippen LogP contribution in [0.25, 0.3) is 0 Å². The fourth-order valence-electron chi connectivity index (χ4n) is 0. The van der Waals surface area contributed by atoms with Crippen molar-refractivity contribution < 1.29 is 203 Å². The van der Waals surface area contributed by atoms with Crippen molar-refractivity contribution in [2.75, 3.05) is 0 Å². The summed E-state index contributed by atoms with van der Waals surface area (Å²) in [5.74, 6) is 0. The maximum atomic E-state index is 0. The molecule has 0 aliphatic carbocycles. The predicted octanol–water partition coefficient (Wildman–Crippen LogP) is -0.832. The van der Waals surface area contributed by atoms with Gasteiger partial charge in [-0.3, -0.25) is 0 Å². The number of rotatable bonds is 0. The van der Waals surface area contributed by atoms with E-state index in [2.05, 4.69) is 0 Å². The molecule has 0 heterocycles. The van der Waals surface area contributed by atoms with Gasteiger partial charge in [-0.05, 0) is 0 Å². The van der Waals surface area contributed by atoms with Gasteiger partial charge in [-0.25, -0.2) is 0 Å². The summed E-state index contributed by atoms with van der Waals surface area (Å²) in [5.41, 5.74) is 0. The van der Waals surface area contributed by atoms with Gasteiger partial charge in [-0.2, -0.15) is 0 Å². The molecule has 0 aliphatic heterocycles. The van der Waals surface area contributed by atoms with Gasteiger partial charge in [0, 0.05) is 0 Å². The van der Waals surface area contributed by atoms with E-state index in [0.717, 1.165) is 0 Å². The Balaban J connectivity index is 0. The van der Waals surface area contributed by atoms with Crippen LogP contribution in [-0.2, 0) is 38.3 Å². The van der Waals surface area contributed by atoms with Crippen LogP contribution in [0, 0.1) is 164 Å². The first-order chi connectivity index (χ1) is 0. The zero-order valence-corrected chi connectivity index (χ0v) is 16.2. The summed E-state index contributed by atoms with van der Waals surface area (Å²) in [7, 11) is 0. The largest absolute Gasteiger partial charge is 4.00 e. The zero-order chi connectivity index (χ0) is 0. The Bertz CT molecular complexity index is 14.4. The first kappa shape index (κ1) is 140. The molecule has 2 radical (unpaired) electrons. The van der Waals surface area contributed by atoms with Crippen LogP contribution in [0.3, 0.4) is 0 Å². The zero-order valence-electron chi connectivity index (χ0n) is 4.67. The second kappa shape index (κ2) is 114. The first-order valence-corrected chi connectivity index (χ1v) is 0. The second-order valence-corrected chi connectivity index (χ2v) is 0. The van der Waals surface area contributed by atoms with Crippen molar-refractivity contribution in [1.82, 2.24) is 0 Å². The van der Waals surface area contributed by atoms with Crippen LogP contribution in [0.2, 0.25) is 0 Å². The van der Waals surface area contributed by atoms with Gasteiger partial charge in [-0.1, -0.05) is 0 Å². The molecule has 11 heteroatoms. The fourth-order valence-corrected chi connectivity index (χ4v) is 0. The first-order valence-electron chi connectivity index (χ1n) is 0. The molecule has 0 rings (SSSR count). The molecule has 0 spiro atoms. The minimum absolute atomic E-state index is 0. The van der Waals surface area contributed by atoms with Crippen LogP contribution in [-0.4, -0.2) is 0 Å². The molecular formula is Ce2O7Sm2. The van der Waals surface area contributed by atoms with E-state index in [4.69, 9.17) is 0 Å². The van der Waals surface area contributed by atoms with Gasteiger partial charge in [0.25, 0.3) is 0 Å². The quantitative estimate of drug-likeness (QED) is 0.306. The maximum Gasteiger partial charge on any atom is 4.00 e. The normalized spacial score (nSPS) is 0. The smallest absolute Gasteiger partial charge is 2.00 e. The Morgan fingerprint density at radius 3 is 0.273 bits per heavy atom. The van der Waals surface area contributed by atoms with Gasteiger partial charge in [0.05, 0.1) is 0 Å². The summed E-state index contributed by atoms with van der Waals surface area (Å²) < 4.78 is 0. The summed E-state index contributed by atoms with van der Waals surface area (Å²) in [6.45, 7) is 0. The van der Waals surface area contributed by atoms with E-state index < -0.39 is 0 Å². The Kier molecular flexibility index (Phi) is 1450. The van der Waals surface area contributed by atoms with E-state index in [1.54, 1.807) is 0 Å². The van der Waals surface area contributed by atoms with E-state index in [0.29, 0.717) is 0 Å². The van der Waals surface area contributed by atoms with Crippen molar-refractivity contribution in [3.8, 4) is 0 Å². The Labute approximate surface area is 197 Å². The van der Waals surface area contributed by atoms with Crippen LogP contribution < -0.4 is 0 Å². The van der Waals surface area contributed by atoms with Gasteiger partial charge in [-0.15, -0.1) is 0 Å². The summed E-state index contributed by atoms with van der Waals surface area (Å²) in [6, 6.07) is 0. The van der Waals surface area contributed by atoms with E-state index in [1.807, 2.05) is 0 Å². The summed E-state index contributed by atoms with van der Waals surface area (Å²) in [4.78, 5) is 0. The second-order valence-electron chi connectivity index (χ2n) is 0. The van der Waals surface area contributed by atoms with Crippen LogP contribution in [0.15, 0.2) is 0 Å². The SMILES string of the molecule is [Ce+4].[Ce+4].[O-2].[O-2].[O-2].[O-2].[O-2].[O-2].[O-2].[Sm+3].[Sm+3]. The molecule has 0 saturated heterocycles. The van der Waals surface area contributed by atoms with Crippen molar-refractivity contribution in [3.05, 3.63) is 0 Å². The van der Waals surface area contributed by atoms with E-state index in [9.17, 15) is 0 Å². The summed E-state index contributed by atoms with van der Waals surface area (Å²) in [6.07, 6.45) is 0. The molecule has 0 aromatic heterocycles. The molecule has 0 aliphatic rings. The molecule has 0 bridgehead atoms. The molecule has 7 nitrogen and oxygen atoms in total. The van der Waals surface area contributed by atoms with Crippen LogP contribution in [0.4, 0.5) is 0 Å². The Morgan fingerprint density at radius 1 is 0.273 bits per heavy atom. The molecule has 0 N–H and O–H groups in total. The molecule has 0 aromatic rings. The van der Waals surface area contributed by atoms with Crippen LogP contribution in [0.1, 0.15) is 0 Å². The Hall–Kier alpha value is 5.15. The molecule has 0 atom stereocenters.